The van der Waals surface area contributed by atoms with Crippen molar-refractivity contribution in [1.82, 2.24) is 10.2 Å². The topological polar surface area (TPSA) is 111 Å². The zero-order chi connectivity index (χ0) is 25.5. The molecule has 1 fully saturated rings. The molecule has 0 saturated carbocycles. The van der Waals surface area contributed by atoms with Gasteiger partial charge in [0.1, 0.15) is 12.4 Å². The molecule has 0 spiro atoms. The summed E-state index contributed by atoms with van der Waals surface area (Å²) in [5, 5.41) is 7.35. The number of rotatable bonds is 5. The Hall–Kier alpha value is -3.87. The number of anilines is 2. The second kappa shape index (κ2) is 8.97. The highest BCUT2D eigenvalue weighted by molar-refractivity contribution is 7.92. The Balaban J connectivity index is 1.53. The van der Waals surface area contributed by atoms with E-state index in [4.69, 9.17) is 9.47 Å². The van der Waals surface area contributed by atoms with Crippen molar-refractivity contribution in [3.63, 3.8) is 0 Å². The van der Waals surface area contributed by atoms with Crippen molar-refractivity contribution in [2.45, 2.75) is 23.4 Å². The molecule has 1 aromatic heterocycles. The summed E-state index contributed by atoms with van der Waals surface area (Å²) in [6.45, 7) is 0.386. The number of ether oxygens (including phenoxy) is 2. The summed E-state index contributed by atoms with van der Waals surface area (Å²) in [4.78, 5) is 13.3. The summed E-state index contributed by atoms with van der Waals surface area (Å²) in [5.41, 5.74) is 0.295. The molecule has 5 rings (SSSR count). The van der Waals surface area contributed by atoms with Gasteiger partial charge in [0.25, 0.3) is 10.0 Å². The fraction of sp³-hybridized carbons (Fsp3) is 0.261. The van der Waals surface area contributed by atoms with Gasteiger partial charge in [-0.1, -0.05) is 12.1 Å². The monoisotopic (exact) mass is 520 g/mol. The largest absolute Gasteiger partial charge is 0.493 e. The van der Waals surface area contributed by atoms with Crippen molar-refractivity contribution >= 4 is 27.6 Å². The second-order valence-corrected chi connectivity index (χ2v) is 9.82. The summed E-state index contributed by atoms with van der Waals surface area (Å²) >= 11 is 0. The minimum absolute atomic E-state index is 0.0425. The van der Waals surface area contributed by atoms with Gasteiger partial charge < -0.3 is 9.47 Å². The minimum atomic E-state index is -4.59. The number of aromatic nitrogens is 2. The number of halogens is 3. The normalized spacial score (nSPS) is 17.8. The van der Waals surface area contributed by atoms with Crippen LogP contribution in [0.2, 0.25) is 0 Å². The fourth-order valence-corrected chi connectivity index (χ4v) is 5.28. The van der Waals surface area contributed by atoms with Crippen LogP contribution in [0.15, 0.2) is 59.6 Å². The van der Waals surface area contributed by atoms with Gasteiger partial charge in [-0.15, -0.1) is 5.10 Å². The van der Waals surface area contributed by atoms with E-state index in [9.17, 15) is 26.4 Å². The van der Waals surface area contributed by atoms with Crippen LogP contribution in [0.4, 0.5) is 29.5 Å². The third-order valence-electron chi connectivity index (χ3n) is 5.93. The summed E-state index contributed by atoms with van der Waals surface area (Å²) < 4.78 is 79.0. The molecule has 1 unspecified atom stereocenters. The molecule has 1 N–H and O–H groups in total. The van der Waals surface area contributed by atoms with E-state index >= 15 is 0 Å². The van der Waals surface area contributed by atoms with E-state index in [0.717, 1.165) is 12.1 Å². The van der Waals surface area contributed by atoms with Gasteiger partial charge in [-0.25, -0.2) is 13.2 Å². The van der Waals surface area contributed by atoms with E-state index in [1.165, 1.54) is 41.4 Å². The van der Waals surface area contributed by atoms with Crippen LogP contribution in [-0.2, 0) is 20.9 Å². The number of carbonyl (C=O) groups is 1. The van der Waals surface area contributed by atoms with Crippen LogP contribution in [0.1, 0.15) is 29.0 Å². The Morgan fingerprint density at radius 1 is 1.03 bits per heavy atom. The number of benzene rings is 2. The van der Waals surface area contributed by atoms with E-state index < -0.39 is 33.8 Å². The molecule has 3 heterocycles. The van der Waals surface area contributed by atoms with Crippen LogP contribution < -0.4 is 14.4 Å². The van der Waals surface area contributed by atoms with Crippen molar-refractivity contribution < 1.29 is 35.9 Å². The summed E-state index contributed by atoms with van der Waals surface area (Å²) in [6.07, 6.45) is -3.50. The lowest BCUT2D eigenvalue weighted by atomic mass is 9.85. The predicted molar refractivity (Wildman–Crippen MR) is 121 cm³/mol. The van der Waals surface area contributed by atoms with E-state index in [1.807, 2.05) is 0 Å². The SMILES string of the molecule is O=C1OCCN1c1cc(C(F)(F)F)ccc1C1CCOc2cc(S(=O)(=O)Nc3cccnn3)ccc21. The fourth-order valence-electron chi connectivity index (χ4n) is 4.27. The third-order valence-corrected chi connectivity index (χ3v) is 7.28. The third kappa shape index (κ3) is 4.53. The molecule has 1 atom stereocenters. The van der Waals surface area contributed by atoms with Gasteiger partial charge in [-0.2, -0.15) is 18.3 Å². The summed E-state index contributed by atoms with van der Waals surface area (Å²) in [6, 6.07) is 10.5. The average molecular weight is 520 g/mol. The number of amides is 1. The highest BCUT2D eigenvalue weighted by atomic mass is 32.2. The van der Waals surface area contributed by atoms with Crippen LogP contribution >= 0.6 is 0 Å². The number of fused-ring (bicyclic) bond motifs is 1. The quantitative estimate of drug-likeness (QED) is 0.538. The van der Waals surface area contributed by atoms with Crippen LogP contribution in [0.5, 0.6) is 5.75 Å². The minimum Gasteiger partial charge on any atom is -0.493 e. The Bertz CT molecular complexity index is 1420. The van der Waals surface area contributed by atoms with Crippen LogP contribution in [-0.4, -0.2) is 44.5 Å². The van der Waals surface area contributed by atoms with Crippen molar-refractivity contribution in [3.05, 3.63) is 71.4 Å². The van der Waals surface area contributed by atoms with Gasteiger partial charge in [0.15, 0.2) is 5.82 Å². The molecule has 2 aromatic carbocycles. The van der Waals surface area contributed by atoms with E-state index in [1.54, 1.807) is 6.07 Å². The van der Waals surface area contributed by atoms with Crippen LogP contribution in [0, 0.1) is 0 Å². The number of hydrogen-bond donors (Lipinski definition) is 1. The van der Waals surface area contributed by atoms with Gasteiger partial charge in [0.05, 0.1) is 29.3 Å². The molecule has 2 aliphatic rings. The maximum Gasteiger partial charge on any atom is 0.416 e. The average Bonchev–Trinajstić information content (AvgIpc) is 3.28. The molecular weight excluding hydrogens is 501 g/mol. The maximum absolute atomic E-state index is 13.5. The first-order valence-corrected chi connectivity index (χ1v) is 12.3. The Morgan fingerprint density at radius 2 is 1.83 bits per heavy atom. The zero-order valence-electron chi connectivity index (χ0n) is 18.5. The molecule has 36 heavy (non-hydrogen) atoms. The van der Waals surface area contributed by atoms with E-state index in [2.05, 4.69) is 14.9 Å². The molecule has 13 heteroatoms. The van der Waals surface area contributed by atoms with Crippen LogP contribution in [0.25, 0.3) is 0 Å². The number of nitrogens with one attached hydrogen (secondary N) is 1. The molecule has 0 bridgehead atoms. The number of carbonyl (C=O) groups excluding carboxylic acids is 1. The molecule has 3 aromatic rings. The van der Waals surface area contributed by atoms with Gasteiger partial charge in [0.2, 0.25) is 0 Å². The highest BCUT2D eigenvalue weighted by Crippen LogP contribution is 2.44. The first kappa shape index (κ1) is 23.9. The standard InChI is InChI=1S/C23H19F3N4O5S/c24-23(25,26)14-3-5-17(19(12-14)30-9-11-35-22(30)31)16-7-10-34-20-13-15(4-6-18(16)20)36(32,33)29-21-2-1-8-27-28-21/h1-6,8,12-13,16H,7,9-11H2,(H,28,29). The van der Waals surface area contributed by atoms with Gasteiger partial charge in [-0.3, -0.25) is 9.62 Å². The lowest BCUT2D eigenvalue weighted by Crippen LogP contribution is -2.27. The number of cyclic esters (lactones) is 1. The smallest absolute Gasteiger partial charge is 0.416 e. The van der Waals surface area contributed by atoms with Crippen LogP contribution in [0.3, 0.4) is 0 Å². The lowest BCUT2D eigenvalue weighted by molar-refractivity contribution is -0.137. The zero-order valence-corrected chi connectivity index (χ0v) is 19.3. The molecule has 0 radical (unpaired) electrons. The Labute approximate surface area is 203 Å². The first-order chi connectivity index (χ1) is 17.1. The molecule has 2 aliphatic heterocycles. The predicted octanol–water partition coefficient (Wildman–Crippen LogP) is 4.17. The maximum atomic E-state index is 13.5. The van der Waals surface area contributed by atoms with Crippen molar-refractivity contribution in [2.24, 2.45) is 0 Å². The molecule has 188 valence electrons. The van der Waals surface area contributed by atoms with Gasteiger partial charge >= 0.3 is 12.3 Å². The molecule has 9 nitrogen and oxygen atoms in total. The van der Waals surface area contributed by atoms with Crippen molar-refractivity contribution in [1.29, 1.82) is 0 Å². The number of sulfonamides is 1. The molecular formula is C23H19F3N4O5S. The summed E-state index contributed by atoms with van der Waals surface area (Å²) in [5.74, 6) is -0.117. The molecule has 0 aliphatic carbocycles. The second-order valence-electron chi connectivity index (χ2n) is 8.14. The molecule has 1 saturated heterocycles. The summed E-state index contributed by atoms with van der Waals surface area (Å²) in [7, 11) is -4.01. The number of hydrogen-bond acceptors (Lipinski definition) is 7. The molecule has 1 amide bonds. The lowest BCUT2D eigenvalue weighted by Gasteiger charge is -2.30. The highest BCUT2D eigenvalue weighted by Gasteiger charge is 2.36. The van der Waals surface area contributed by atoms with E-state index in [-0.39, 0.29) is 41.9 Å². The van der Waals surface area contributed by atoms with Gasteiger partial charge in [0, 0.05) is 23.7 Å². The van der Waals surface area contributed by atoms with Crippen molar-refractivity contribution in [3.8, 4) is 5.75 Å². The number of nitrogens with zero attached hydrogens (tertiary/aromatic N) is 3. The Morgan fingerprint density at radius 3 is 2.53 bits per heavy atom. The van der Waals surface area contributed by atoms with Crippen molar-refractivity contribution in [2.75, 3.05) is 29.4 Å². The Kier molecular flexibility index (Phi) is 5.94. The van der Waals surface area contributed by atoms with E-state index in [0.29, 0.717) is 17.5 Å². The number of alkyl halides is 3. The van der Waals surface area contributed by atoms with Gasteiger partial charge in [-0.05, 0) is 42.3 Å². The first-order valence-electron chi connectivity index (χ1n) is 10.9.